The second kappa shape index (κ2) is 6.83. The van der Waals surface area contributed by atoms with E-state index < -0.39 is 0 Å². The summed E-state index contributed by atoms with van der Waals surface area (Å²) in [4.78, 5) is 21.3. The Bertz CT molecular complexity index is 1060. The maximum absolute atomic E-state index is 14.3. The first-order valence-electron chi connectivity index (χ1n) is 8.70. The van der Waals surface area contributed by atoms with Gasteiger partial charge in [-0.25, -0.2) is 9.37 Å². The minimum absolute atomic E-state index is 0.194. The van der Waals surface area contributed by atoms with Crippen molar-refractivity contribution in [3.8, 4) is 16.9 Å². The lowest BCUT2D eigenvalue weighted by atomic mass is 10.0. The number of aromatic nitrogens is 3. The van der Waals surface area contributed by atoms with Crippen LogP contribution < -0.4 is 15.6 Å². The number of halogens is 1. The smallest absolute Gasteiger partial charge is 0.262 e. The van der Waals surface area contributed by atoms with E-state index in [1.807, 2.05) is 19.1 Å². The van der Waals surface area contributed by atoms with Gasteiger partial charge in [0.15, 0.2) is 0 Å². The van der Waals surface area contributed by atoms with Crippen LogP contribution in [0.4, 0.5) is 10.3 Å². The van der Waals surface area contributed by atoms with Crippen molar-refractivity contribution < 1.29 is 9.13 Å². The van der Waals surface area contributed by atoms with E-state index >= 15 is 0 Å². The molecule has 1 aliphatic heterocycles. The van der Waals surface area contributed by atoms with Gasteiger partial charge in [-0.2, -0.15) is 0 Å². The quantitative estimate of drug-likeness (QED) is 0.769. The van der Waals surface area contributed by atoms with Crippen molar-refractivity contribution >= 4 is 5.95 Å². The molecule has 4 rings (SSSR count). The molecule has 3 aromatic rings. The molecule has 3 heterocycles. The molecule has 1 aromatic carbocycles. The van der Waals surface area contributed by atoms with Gasteiger partial charge in [0.1, 0.15) is 11.6 Å². The summed E-state index contributed by atoms with van der Waals surface area (Å²) < 4.78 is 21.2. The number of hydrogen-bond donors (Lipinski definition) is 1. The monoisotopic (exact) mass is 366 g/mol. The lowest BCUT2D eigenvalue weighted by molar-refractivity contribution is 0.356. The van der Waals surface area contributed by atoms with Gasteiger partial charge in [-0.1, -0.05) is 6.07 Å². The minimum Gasteiger partial charge on any atom is -0.493 e. The Hall–Kier alpha value is -3.22. The van der Waals surface area contributed by atoms with Crippen molar-refractivity contribution in [3.05, 3.63) is 69.7 Å². The molecule has 0 spiro atoms. The first-order valence-corrected chi connectivity index (χ1v) is 8.70. The van der Waals surface area contributed by atoms with Crippen molar-refractivity contribution in [2.45, 2.75) is 19.9 Å². The molecule has 0 amide bonds. The zero-order valence-corrected chi connectivity index (χ0v) is 15.1. The third-order valence-electron chi connectivity index (χ3n) is 4.75. The zero-order chi connectivity index (χ0) is 19.0. The van der Waals surface area contributed by atoms with Crippen molar-refractivity contribution in [2.75, 3.05) is 11.9 Å². The summed E-state index contributed by atoms with van der Waals surface area (Å²) in [5, 5.41) is 3.07. The standard InChI is InChI=1S/C20H19FN4O2/c1-12-3-4-13(9-22-12)15-10-23-20(25(2)19(15)26)24-11-16-14-7-8-27-18(14)6-5-17(16)21/h3-6,9-10H,7-8,11H2,1-2H3,(H,23,24). The van der Waals surface area contributed by atoms with Gasteiger partial charge in [-0.15, -0.1) is 0 Å². The highest BCUT2D eigenvalue weighted by atomic mass is 19.1. The van der Waals surface area contributed by atoms with Gasteiger partial charge in [-0.05, 0) is 25.1 Å². The van der Waals surface area contributed by atoms with Crippen molar-refractivity contribution in [1.82, 2.24) is 14.5 Å². The van der Waals surface area contributed by atoms with Crippen LogP contribution in [0.2, 0.25) is 0 Å². The normalized spacial score (nSPS) is 12.6. The highest BCUT2D eigenvalue weighted by Crippen LogP contribution is 2.30. The maximum atomic E-state index is 14.3. The predicted octanol–water partition coefficient (Wildman–Crippen LogP) is 2.84. The van der Waals surface area contributed by atoms with Crippen molar-refractivity contribution in [1.29, 1.82) is 0 Å². The fourth-order valence-electron chi connectivity index (χ4n) is 3.21. The van der Waals surface area contributed by atoms with Crippen LogP contribution in [0.1, 0.15) is 16.8 Å². The molecule has 0 aliphatic carbocycles. The van der Waals surface area contributed by atoms with Crippen LogP contribution in [0.5, 0.6) is 5.75 Å². The molecule has 0 saturated heterocycles. The number of anilines is 1. The largest absolute Gasteiger partial charge is 0.493 e. The van der Waals surface area contributed by atoms with Crippen LogP contribution in [0.15, 0.2) is 41.5 Å². The topological polar surface area (TPSA) is 69.0 Å². The molecule has 0 bridgehead atoms. The summed E-state index contributed by atoms with van der Waals surface area (Å²) in [6.07, 6.45) is 3.85. The van der Waals surface area contributed by atoms with E-state index in [9.17, 15) is 9.18 Å². The van der Waals surface area contributed by atoms with Crippen LogP contribution in [0.3, 0.4) is 0 Å². The molecule has 0 atom stereocenters. The molecule has 6 nitrogen and oxygen atoms in total. The number of fused-ring (bicyclic) bond motifs is 1. The maximum Gasteiger partial charge on any atom is 0.262 e. The number of rotatable bonds is 4. The summed E-state index contributed by atoms with van der Waals surface area (Å²) in [5.74, 6) is 0.802. The Kier molecular flexibility index (Phi) is 4.35. The molecule has 1 aliphatic rings. The van der Waals surface area contributed by atoms with Gasteiger partial charge < -0.3 is 10.1 Å². The van der Waals surface area contributed by atoms with E-state index in [2.05, 4.69) is 15.3 Å². The van der Waals surface area contributed by atoms with Crippen LogP contribution >= 0.6 is 0 Å². The molecule has 0 radical (unpaired) electrons. The molecule has 138 valence electrons. The molecule has 0 saturated carbocycles. The molecule has 2 aromatic heterocycles. The number of hydrogen-bond acceptors (Lipinski definition) is 5. The summed E-state index contributed by atoms with van der Waals surface area (Å²) in [7, 11) is 1.64. The number of pyridine rings is 1. The fraction of sp³-hybridized carbons (Fsp3) is 0.250. The number of aryl methyl sites for hydroxylation is 1. The Morgan fingerprint density at radius 1 is 1.22 bits per heavy atom. The highest BCUT2D eigenvalue weighted by Gasteiger charge is 2.19. The minimum atomic E-state index is -0.293. The highest BCUT2D eigenvalue weighted by molar-refractivity contribution is 5.61. The first-order chi connectivity index (χ1) is 13.0. The molecule has 1 N–H and O–H groups in total. The fourth-order valence-corrected chi connectivity index (χ4v) is 3.21. The van der Waals surface area contributed by atoms with E-state index in [1.165, 1.54) is 16.8 Å². The van der Waals surface area contributed by atoms with E-state index in [4.69, 9.17) is 4.74 Å². The van der Waals surface area contributed by atoms with Gasteiger partial charge in [0.25, 0.3) is 5.56 Å². The Morgan fingerprint density at radius 2 is 2.07 bits per heavy atom. The number of benzene rings is 1. The van der Waals surface area contributed by atoms with Crippen LogP contribution in [-0.4, -0.2) is 21.1 Å². The Labute approximate surface area is 155 Å². The molecule has 27 heavy (non-hydrogen) atoms. The predicted molar refractivity (Wildman–Crippen MR) is 100 cm³/mol. The Morgan fingerprint density at radius 3 is 2.85 bits per heavy atom. The summed E-state index contributed by atoms with van der Waals surface area (Å²) >= 11 is 0. The van der Waals surface area contributed by atoms with Gasteiger partial charge in [-0.3, -0.25) is 14.3 Å². The average molecular weight is 366 g/mol. The number of ether oxygens (including phenoxy) is 1. The third kappa shape index (κ3) is 3.16. The molecular weight excluding hydrogens is 347 g/mol. The number of nitrogens with one attached hydrogen (secondary N) is 1. The second-order valence-corrected chi connectivity index (χ2v) is 6.50. The van der Waals surface area contributed by atoms with Crippen molar-refractivity contribution in [2.24, 2.45) is 7.05 Å². The molecule has 0 fully saturated rings. The van der Waals surface area contributed by atoms with Gasteiger partial charge in [0.2, 0.25) is 5.95 Å². The van der Waals surface area contributed by atoms with Crippen LogP contribution in [-0.2, 0) is 20.0 Å². The molecular formula is C20H19FN4O2. The molecule has 0 unspecified atom stereocenters. The van der Waals surface area contributed by atoms with E-state index in [0.29, 0.717) is 35.7 Å². The summed E-state index contributed by atoms with van der Waals surface area (Å²) in [5.41, 5.74) is 3.28. The lowest BCUT2D eigenvalue weighted by Crippen LogP contribution is -2.23. The zero-order valence-electron chi connectivity index (χ0n) is 15.1. The summed E-state index contributed by atoms with van der Waals surface area (Å²) in [6, 6.07) is 6.75. The van der Waals surface area contributed by atoms with Crippen LogP contribution in [0, 0.1) is 12.7 Å². The Balaban J connectivity index is 1.61. The lowest BCUT2D eigenvalue weighted by Gasteiger charge is -2.13. The van der Waals surface area contributed by atoms with Gasteiger partial charge in [0, 0.05) is 54.8 Å². The van der Waals surface area contributed by atoms with Gasteiger partial charge in [0.05, 0.1) is 12.2 Å². The van der Waals surface area contributed by atoms with Crippen molar-refractivity contribution in [3.63, 3.8) is 0 Å². The second-order valence-electron chi connectivity index (χ2n) is 6.50. The van der Waals surface area contributed by atoms with E-state index in [0.717, 1.165) is 17.0 Å². The van der Waals surface area contributed by atoms with E-state index in [1.54, 1.807) is 19.3 Å². The van der Waals surface area contributed by atoms with Gasteiger partial charge >= 0.3 is 0 Å². The average Bonchev–Trinajstić information content (AvgIpc) is 3.14. The SMILES string of the molecule is Cc1ccc(-c2cnc(NCc3c(F)ccc4c3CCO4)n(C)c2=O)cn1. The third-order valence-corrected chi connectivity index (χ3v) is 4.75. The molecule has 7 heteroatoms. The van der Waals surface area contributed by atoms with E-state index in [-0.39, 0.29) is 17.9 Å². The number of nitrogens with zero attached hydrogens (tertiary/aromatic N) is 3. The van der Waals surface area contributed by atoms with Crippen LogP contribution in [0.25, 0.3) is 11.1 Å². The summed E-state index contributed by atoms with van der Waals surface area (Å²) in [6.45, 7) is 2.67. The first kappa shape index (κ1) is 17.2.